The molecule has 0 atom stereocenters. The van der Waals surface area contributed by atoms with Gasteiger partial charge in [0.25, 0.3) is 0 Å². The van der Waals surface area contributed by atoms with Gasteiger partial charge in [-0.1, -0.05) is 22.9 Å². The van der Waals surface area contributed by atoms with Crippen molar-refractivity contribution in [1.29, 1.82) is 0 Å². The lowest BCUT2D eigenvalue weighted by molar-refractivity contribution is 0.622. The number of aryl methyl sites for hydroxylation is 1. The van der Waals surface area contributed by atoms with Crippen molar-refractivity contribution in [2.24, 2.45) is 7.05 Å². The molecule has 0 saturated carbocycles. The summed E-state index contributed by atoms with van der Waals surface area (Å²) in [5.41, 5.74) is 6.14. The van der Waals surface area contributed by atoms with Gasteiger partial charge in [0.1, 0.15) is 11.4 Å². The maximum Gasteiger partial charge on any atom is 0.133 e. The summed E-state index contributed by atoms with van der Waals surface area (Å²) in [5.74, 6) is 0. The smallest absolute Gasteiger partial charge is 0.133 e. The molecule has 3 heterocycles. The Bertz CT molecular complexity index is 879. The summed E-state index contributed by atoms with van der Waals surface area (Å²) in [7, 11) is 1.86. The number of fused-ring (bicyclic) bond motifs is 1. The third kappa shape index (κ3) is 2.34. The van der Waals surface area contributed by atoms with Crippen molar-refractivity contribution in [1.82, 2.24) is 30.1 Å². The fourth-order valence-corrected chi connectivity index (χ4v) is 3.20. The van der Waals surface area contributed by atoms with Crippen molar-refractivity contribution >= 4 is 11.6 Å². The molecule has 0 amide bonds. The summed E-state index contributed by atoms with van der Waals surface area (Å²) in [6.07, 6.45) is 2.82. The fourth-order valence-electron chi connectivity index (χ4n) is 3.03. The lowest BCUT2D eigenvalue weighted by Gasteiger charge is -2.16. The molecule has 0 spiro atoms. The fraction of sp³-hybridized carbons (Fsp3) is 0.312. The predicted molar refractivity (Wildman–Crippen MR) is 88.7 cm³/mol. The van der Waals surface area contributed by atoms with E-state index in [4.69, 9.17) is 16.7 Å². The highest BCUT2D eigenvalue weighted by Crippen LogP contribution is 2.30. The summed E-state index contributed by atoms with van der Waals surface area (Å²) < 4.78 is 3.71. The summed E-state index contributed by atoms with van der Waals surface area (Å²) in [6.45, 7) is 3.76. The van der Waals surface area contributed by atoms with Gasteiger partial charge in [-0.2, -0.15) is 5.10 Å². The van der Waals surface area contributed by atoms with E-state index in [1.165, 1.54) is 11.3 Å². The van der Waals surface area contributed by atoms with E-state index in [1.54, 1.807) is 4.68 Å². The molecule has 6 nitrogen and oxygen atoms in total. The van der Waals surface area contributed by atoms with Crippen LogP contribution in [0.5, 0.6) is 0 Å². The SMILES string of the molecule is Cc1c(Cl)cccc1-n1nc(-c2cn(C)nn2)c2c1CCNC2. The lowest BCUT2D eigenvalue weighted by atomic mass is 10.1. The molecule has 0 unspecified atom stereocenters. The molecule has 7 heteroatoms. The van der Waals surface area contributed by atoms with Crippen LogP contribution < -0.4 is 5.32 Å². The zero-order valence-corrected chi connectivity index (χ0v) is 13.8. The standard InChI is InChI=1S/C16H17ClN6/c1-10-12(17)4-3-5-14(10)23-15-6-7-18-8-11(15)16(20-23)13-9-22(2)21-19-13/h3-5,9,18H,6-8H2,1-2H3. The van der Waals surface area contributed by atoms with Crippen molar-refractivity contribution in [2.75, 3.05) is 6.54 Å². The normalized spacial score (nSPS) is 14.0. The lowest BCUT2D eigenvalue weighted by Crippen LogP contribution is -2.24. The second kappa shape index (κ2) is 5.47. The van der Waals surface area contributed by atoms with Gasteiger partial charge in [-0.25, -0.2) is 4.68 Å². The average Bonchev–Trinajstić information content (AvgIpc) is 3.14. The van der Waals surface area contributed by atoms with E-state index in [9.17, 15) is 0 Å². The molecule has 1 aromatic carbocycles. The monoisotopic (exact) mass is 328 g/mol. The molecule has 23 heavy (non-hydrogen) atoms. The average molecular weight is 329 g/mol. The van der Waals surface area contributed by atoms with Gasteiger partial charge in [0.05, 0.1) is 17.6 Å². The van der Waals surface area contributed by atoms with Gasteiger partial charge in [-0.3, -0.25) is 4.68 Å². The van der Waals surface area contributed by atoms with E-state index in [-0.39, 0.29) is 0 Å². The number of nitrogens with zero attached hydrogens (tertiary/aromatic N) is 5. The first-order valence-electron chi connectivity index (χ1n) is 7.59. The summed E-state index contributed by atoms with van der Waals surface area (Å²) in [5, 5.41) is 17.3. The van der Waals surface area contributed by atoms with E-state index in [0.717, 1.165) is 47.2 Å². The van der Waals surface area contributed by atoms with Gasteiger partial charge in [0, 0.05) is 37.1 Å². The number of hydrogen-bond acceptors (Lipinski definition) is 4. The Balaban J connectivity index is 1.94. The minimum absolute atomic E-state index is 0.752. The molecular formula is C16H17ClN6. The molecule has 0 radical (unpaired) electrons. The van der Waals surface area contributed by atoms with Crippen LogP contribution in [0.2, 0.25) is 5.02 Å². The first kappa shape index (κ1) is 14.4. The Morgan fingerprint density at radius 1 is 1.30 bits per heavy atom. The van der Waals surface area contributed by atoms with E-state index < -0.39 is 0 Å². The van der Waals surface area contributed by atoms with Gasteiger partial charge in [-0.05, 0) is 24.6 Å². The number of halogens is 1. The minimum atomic E-state index is 0.752. The van der Waals surface area contributed by atoms with Crippen LogP contribution in [0.3, 0.4) is 0 Å². The van der Waals surface area contributed by atoms with Gasteiger partial charge >= 0.3 is 0 Å². The number of rotatable bonds is 2. The maximum atomic E-state index is 6.29. The van der Waals surface area contributed by atoms with Crippen LogP contribution >= 0.6 is 11.6 Å². The molecule has 0 aliphatic carbocycles. The van der Waals surface area contributed by atoms with Gasteiger partial charge in [-0.15, -0.1) is 5.10 Å². The van der Waals surface area contributed by atoms with Crippen LogP contribution in [0.1, 0.15) is 16.8 Å². The minimum Gasteiger partial charge on any atom is -0.312 e. The highest BCUT2D eigenvalue weighted by atomic mass is 35.5. The van der Waals surface area contributed by atoms with Crippen molar-refractivity contribution < 1.29 is 0 Å². The molecular weight excluding hydrogens is 312 g/mol. The van der Waals surface area contributed by atoms with Crippen molar-refractivity contribution in [3.05, 3.63) is 46.2 Å². The Morgan fingerprint density at radius 3 is 2.96 bits per heavy atom. The highest BCUT2D eigenvalue weighted by Gasteiger charge is 2.24. The highest BCUT2D eigenvalue weighted by molar-refractivity contribution is 6.31. The van der Waals surface area contributed by atoms with Crippen LogP contribution in [-0.4, -0.2) is 31.3 Å². The van der Waals surface area contributed by atoms with Crippen molar-refractivity contribution in [2.45, 2.75) is 19.9 Å². The zero-order valence-electron chi connectivity index (χ0n) is 13.0. The summed E-state index contributed by atoms with van der Waals surface area (Å²) >= 11 is 6.29. The van der Waals surface area contributed by atoms with E-state index in [2.05, 4.69) is 21.7 Å². The Morgan fingerprint density at radius 2 is 2.17 bits per heavy atom. The molecule has 3 aromatic rings. The Hall–Kier alpha value is -2.18. The molecule has 0 saturated heterocycles. The maximum absolute atomic E-state index is 6.29. The van der Waals surface area contributed by atoms with Crippen LogP contribution in [0.25, 0.3) is 17.1 Å². The first-order chi connectivity index (χ1) is 11.1. The second-order valence-electron chi connectivity index (χ2n) is 5.77. The molecule has 1 aliphatic heterocycles. The Labute approximate surface area is 139 Å². The largest absolute Gasteiger partial charge is 0.312 e. The topological polar surface area (TPSA) is 60.6 Å². The Kier molecular flexibility index (Phi) is 3.43. The van der Waals surface area contributed by atoms with E-state index in [0.29, 0.717) is 0 Å². The third-order valence-corrected chi connectivity index (χ3v) is 4.65. The van der Waals surface area contributed by atoms with Gasteiger partial charge in [0.15, 0.2) is 0 Å². The van der Waals surface area contributed by atoms with E-state index in [1.807, 2.05) is 37.0 Å². The number of aromatic nitrogens is 5. The molecule has 0 bridgehead atoms. The molecule has 2 aromatic heterocycles. The van der Waals surface area contributed by atoms with Crippen LogP contribution in [0, 0.1) is 6.92 Å². The predicted octanol–water partition coefficient (Wildman–Crippen LogP) is 2.28. The quantitative estimate of drug-likeness (QED) is 0.784. The zero-order chi connectivity index (χ0) is 16.0. The first-order valence-corrected chi connectivity index (χ1v) is 7.96. The van der Waals surface area contributed by atoms with E-state index >= 15 is 0 Å². The molecule has 1 N–H and O–H groups in total. The van der Waals surface area contributed by atoms with Gasteiger partial charge < -0.3 is 5.32 Å². The van der Waals surface area contributed by atoms with Crippen LogP contribution in [-0.2, 0) is 20.0 Å². The molecule has 0 fully saturated rings. The molecule has 4 rings (SSSR count). The third-order valence-electron chi connectivity index (χ3n) is 4.24. The second-order valence-corrected chi connectivity index (χ2v) is 6.18. The number of nitrogens with one attached hydrogen (secondary N) is 1. The summed E-state index contributed by atoms with van der Waals surface area (Å²) in [6, 6.07) is 5.92. The van der Waals surface area contributed by atoms with Crippen molar-refractivity contribution in [3.8, 4) is 17.1 Å². The summed E-state index contributed by atoms with van der Waals surface area (Å²) in [4.78, 5) is 0. The van der Waals surface area contributed by atoms with Crippen molar-refractivity contribution in [3.63, 3.8) is 0 Å². The molecule has 1 aliphatic rings. The molecule has 118 valence electrons. The van der Waals surface area contributed by atoms with Crippen LogP contribution in [0.4, 0.5) is 0 Å². The van der Waals surface area contributed by atoms with Gasteiger partial charge in [0.2, 0.25) is 0 Å². The van der Waals surface area contributed by atoms with Crippen LogP contribution in [0.15, 0.2) is 24.4 Å². The number of benzene rings is 1. The number of hydrogen-bond donors (Lipinski definition) is 1.